The van der Waals surface area contributed by atoms with E-state index >= 15 is 0 Å². The van der Waals surface area contributed by atoms with Crippen LogP contribution in [0.2, 0.25) is 0 Å². The van der Waals surface area contributed by atoms with Gasteiger partial charge >= 0.3 is 0 Å². The number of allylic oxidation sites excluding steroid dienone is 4. The molecule has 0 spiro atoms. The van der Waals surface area contributed by atoms with E-state index in [4.69, 9.17) is 0 Å². The fourth-order valence-electron chi connectivity index (χ4n) is 0.816. The Labute approximate surface area is 68.8 Å². The third-order valence-corrected chi connectivity index (χ3v) is 1.34. The molecule has 0 amide bonds. The normalized spacial score (nSPS) is 14.5. The number of carbonyl (C=O) groups is 1. The highest BCUT2D eigenvalue weighted by Gasteiger charge is 1.89. The molecule has 11 heavy (non-hydrogen) atoms. The lowest BCUT2D eigenvalue weighted by molar-refractivity contribution is -0.116. The largest absolute Gasteiger partial charge is 0.300 e. The van der Waals surface area contributed by atoms with Crippen LogP contribution in [0, 0.1) is 5.92 Å². The van der Waals surface area contributed by atoms with Crippen molar-refractivity contribution in [3.8, 4) is 0 Å². The monoisotopic (exact) mass is 152 g/mol. The lowest BCUT2D eigenvalue weighted by Crippen LogP contribution is -1.86. The van der Waals surface area contributed by atoms with Crippen molar-refractivity contribution >= 4 is 5.78 Å². The molecular weight excluding hydrogens is 136 g/mol. The molecule has 0 aliphatic rings. The summed E-state index contributed by atoms with van der Waals surface area (Å²) in [6.45, 7) is 5.69. The molecule has 0 aliphatic carbocycles. The van der Waals surface area contributed by atoms with Crippen LogP contribution >= 0.6 is 0 Å². The van der Waals surface area contributed by atoms with Crippen molar-refractivity contribution in [3.05, 3.63) is 24.3 Å². The zero-order valence-corrected chi connectivity index (χ0v) is 7.50. The van der Waals surface area contributed by atoms with Gasteiger partial charge in [-0.2, -0.15) is 0 Å². The van der Waals surface area contributed by atoms with Gasteiger partial charge in [0, 0.05) is 6.42 Å². The molecule has 0 saturated heterocycles. The van der Waals surface area contributed by atoms with E-state index in [1.165, 1.54) is 0 Å². The van der Waals surface area contributed by atoms with E-state index in [1.54, 1.807) is 6.92 Å². The van der Waals surface area contributed by atoms with E-state index in [9.17, 15) is 4.79 Å². The summed E-state index contributed by atoms with van der Waals surface area (Å²) in [7, 11) is 0. The molecule has 0 aromatic heterocycles. The van der Waals surface area contributed by atoms with E-state index in [1.807, 2.05) is 25.2 Å². The number of Topliss-reactive ketones (excluding diaryl/α,β-unsaturated/α-hetero) is 1. The van der Waals surface area contributed by atoms with Crippen molar-refractivity contribution in [1.29, 1.82) is 0 Å². The van der Waals surface area contributed by atoms with Crippen LogP contribution < -0.4 is 0 Å². The summed E-state index contributed by atoms with van der Waals surface area (Å²) in [5.41, 5.74) is 0. The van der Waals surface area contributed by atoms with Gasteiger partial charge in [0.1, 0.15) is 5.78 Å². The highest BCUT2D eigenvalue weighted by molar-refractivity contribution is 5.76. The number of carbonyl (C=O) groups excluding carboxylic acids is 1. The zero-order valence-electron chi connectivity index (χ0n) is 7.50. The van der Waals surface area contributed by atoms with E-state index in [0.29, 0.717) is 12.3 Å². The van der Waals surface area contributed by atoms with Crippen LogP contribution in [0.4, 0.5) is 0 Å². The first-order valence-corrected chi connectivity index (χ1v) is 3.95. The number of ketones is 1. The first-order valence-electron chi connectivity index (χ1n) is 3.95. The maximum atomic E-state index is 10.5. The Morgan fingerprint density at radius 3 is 2.55 bits per heavy atom. The molecule has 0 aromatic rings. The Balaban J connectivity index is 3.64. The lowest BCUT2D eigenvalue weighted by atomic mass is 10.1. The summed E-state index contributed by atoms with van der Waals surface area (Å²) in [5.74, 6) is 0.660. The van der Waals surface area contributed by atoms with Gasteiger partial charge in [-0.1, -0.05) is 31.2 Å². The average Bonchev–Trinajstić information content (AvgIpc) is 1.87. The summed E-state index contributed by atoms with van der Waals surface area (Å²) in [4.78, 5) is 10.5. The molecular formula is C10H16O. The second-order valence-electron chi connectivity index (χ2n) is 2.72. The van der Waals surface area contributed by atoms with Crippen molar-refractivity contribution < 1.29 is 4.79 Å². The third-order valence-electron chi connectivity index (χ3n) is 1.34. The Bertz CT molecular complexity index is 166. The summed E-state index contributed by atoms with van der Waals surface area (Å²) in [5, 5.41) is 0. The summed E-state index contributed by atoms with van der Waals surface area (Å²) >= 11 is 0. The van der Waals surface area contributed by atoms with E-state index in [2.05, 4.69) is 13.0 Å². The number of hydrogen-bond donors (Lipinski definition) is 0. The summed E-state index contributed by atoms with van der Waals surface area (Å²) in [6.07, 6.45) is 8.63. The zero-order chi connectivity index (χ0) is 8.69. The number of hydrogen-bond acceptors (Lipinski definition) is 1. The minimum absolute atomic E-state index is 0.217. The second-order valence-corrected chi connectivity index (χ2v) is 2.72. The van der Waals surface area contributed by atoms with Crippen molar-refractivity contribution in [2.45, 2.75) is 27.2 Å². The van der Waals surface area contributed by atoms with Gasteiger partial charge in [-0.05, 0) is 19.8 Å². The molecule has 1 unspecified atom stereocenters. The molecule has 62 valence electrons. The van der Waals surface area contributed by atoms with Crippen LogP contribution in [0.5, 0.6) is 0 Å². The highest BCUT2D eigenvalue weighted by atomic mass is 16.1. The molecule has 0 bridgehead atoms. The molecule has 0 saturated carbocycles. The third kappa shape index (κ3) is 7.04. The summed E-state index contributed by atoms with van der Waals surface area (Å²) < 4.78 is 0. The van der Waals surface area contributed by atoms with Gasteiger partial charge < -0.3 is 0 Å². The molecule has 1 heteroatoms. The molecule has 0 radical (unpaired) electrons. The van der Waals surface area contributed by atoms with E-state index in [-0.39, 0.29) is 5.78 Å². The maximum absolute atomic E-state index is 10.5. The van der Waals surface area contributed by atoms with Crippen molar-refractivity contribution in [2.75, 3.05) is 0 Å². The Morgan fingerprint density at radius 1 is 1.45 bits per heavy atom. The van der Waals surface area contributed by atoms with E-state index < -0.39 is 0 Å². The average molecular weight is 152 g/mol. The predicted octanol–water partition coefficient (Wildman–Crippen LogP) is 2.73. The number of rotatable bonds is 4. The SMILES string of the molecule is C/C=C/C(C)/C=C/CC(C)=O. The minimum Gasteiger partial charge on any atom is -0.300 e. The molecule has 0 fully saturated rings. The molecule has 0 aliphatic heterocycles. The highest BCUT2D eigenvalue weighted by Crippen LogP contribution is 1.99. The molecule has 0 N–H and O–H groups in total. The topological polar surface area (TPSA) is 17.1 Å². The van der Waals surface area contributed by atoms with Gasteiger partial charge in [-0.25, -0.2) is 0 Å². The van der Waals surface area contributed by atoms with Crippen LogP contribution in [0.15, 0.2) is 24.3 Å². The van der Waals surface area contributed by atoms with Gasteiger partial charge in [0.15, 0.2) is 0 Å². The van der Waals surface area contributed by atoms with Crippen LogP contribution in [0.25, 0.3) is 0 Å². The Morgan fingerprint density at radius 2 is 2.09 bits per heavy atom. The van der Waals surface area contributed by atoms with E-state index in [0.717, 1.165) is 0 Å². The Hall–Kier alpha value is -0.850. The van der Waals surface area contributed by atoms with Gasteiger partial charge in [-0.15, -0.1) is 0 Å². The minimum atomic E-state index is 0.217. The van der Waals surface area contributed by atoms with Crippen LogP contribution in [0.1, 0.15) is 27.2 Å². The fraction of sp³-hybridized carbons (Fsp3) is 0.500. The quantitative estimate of drug-likeness (QED) is 0.566. The second kappa shape index (κ2) is 5.90. The molecule has 1 atom stereocenters. The first kappa shape index (κ1) is 10.2. The maximum Gasteiger partial charge on any atom is 0.133 e. The smallest absolute Gasteiger partial charge is 0.133 e. The van der Waals surface area contributed by atoms with Gasteiger partial charge in [0.2, 0.25) is 0 Å². The van der Waals surface area contributed by atoms with Crippen molar-refractivity contribution in [1.82, 2.24) is 0 Å². The predicted molar refractivity (Wildman–Crippen MR) is 48.4 cm³/mol. The van der Waals surface area contributed by atoms with Gasteiger partial charge in [0.25, 0.3) is 0 Å². The molecule has 0 heterocycles. The molecule has 0 rings (SSSR count). The van der Waals surface area contributed by atoms with Crippen LogP contribution in [0.3, 0.4) is 0 Å². The lowest BCUT2D eigenvalue weighted by Gasteiger charge is -1.94. The van der Waals surface area contributed by atoms with Gasteiger partial charge in [0.05, 0.1) is 0 Å². The molecule has 1 nitrogen and oxygen atoms in total. The fourth-order valence-corrected chi connectivity index (χ4v) is 0.816. The standard InChI is InChI=1S/C10H16O/c1-4-6-9(2)7-5-8-10(3)11/h4-7,9H,8H2,1-3H3/b6-4+,7-5+. The van der Waals surface area contributed by atoms with Crippen LogP contribution in [-0.2, 0) is 4.79 Å². The summed E-state index contributed by atoms with van der Waals surface area (Å²) in [6, 6.07) is 0. The van der Waals surface area contributed by atoms with Crippen molar-refractivity contribution in [2.24, 2.45) is 5.92 Å². The molecule has 0 aromatic carbocycles. The Kier molecular flexibility index (Phi) is 5.44. The van der Waals surface area contributed by atoms with Gasteiger partial charge in [-0.3, -0.25) is 4.79 Å². The van der Waals surface area contributed by atoms with Crippen LogP contribution in [-0.4, -0.2) is 5.78 Å². The van der Waals surface area contributed by atoms with Crippen molar-refractivity contribution in [3.63, 3.8) is 0 Å². The first-order chi connectivity index (χ1) is 5.16.